The van der Waals surface area contributed by atoms with Crippen molar-refractivity contribution < 1.29 is 0 Å². The molecule has 0 aliphatic rings. The lowest BCUT2D eigenvalue weighted by Crippen LogP contribution is -1.93. The van der Waals surface area contributed by atoms with E-state index in [2.05, 4.69) is 9.97 Å². The zero-order valence-corrected chi connectivity index (χ0v) is 6.36. The molecule has 4 nitrogen and oxygen atoms in total. The van der Waals surface area contributed by atoms with E-state index in [1.807, 2.05) is 6.07 Å². The summed E-state index contributed by atoms with van der Waals surface area (Å²) in [5.41, 5.74) is 12.6. The third-order valence-corrected chi connectivity index (χ3v) is 1.69. The highest BCUT2D eigenvalue weighted by Gasteiger charge is 1.98. The molecule has 0 bridgehead atoms. The molecule has 0 amide bonds. The lowest BCUT2D eigenvalue weighted by atomic mass is 10.2. The largest absolute Gasteiger partial charge is 0.399 e. The summed E-state index contributed by atoms with van der Waals surface area (Å²) in [4.78, 5) is 7.89. The summed E-state index contributed by atoms with van der Waals surface area (Å²) in [6.07, 6.45) is 1.43. The summed E-state index contributed by atoms with van der Waals surface area (Å²) in [6.45, 7) is 0. The Morgan fingerprint density at radius 2 is 1.92 bits per heavy atom. The maximum atomic E-state index is 5.61. The molecule has 0 spiro atoms. The number of anilines is 2. The van der Waals surface area contributed by atoms with Gasteiger partial charge in [0.05, 0.1) is 5.52 Å². The van der Waals surface area contributed by atoms with Crippen molar-refractivity contribution in [2.75, 3.05) is 11.5 Å². The van der Waals surface area contributed by atoms with Crippen molar-refractivity contribution in [3.05, 3.63) is 24.5 Å². The van der Waals surface area contributed by atoms with Crippen LogP contribution in [0.25, 0.3) is 10.9 Å². The number of nitrogens with zero attached hydrogens (tertiary/aromatic N) is 2. The standard InChI is InChI=1S/C8H8N4/c9-5-1-2-6-7(3-5)11-4-12-8(6)10/h1-4H,9H2,(H2,10,11,12). The normalized spacial score (nSPS) is 10.3. The van der Waals surface area contributed by atoms with Gasteiger partial charge in [-0.25, -0.2) is 9.97 Å². The van der Waals surface area contributed by atoms with Crippen LogP contribution in [0, 0.1) is 0 Å². The molecule has 2 aromatic rings. The lowest BCUT2D eigenvalue weighted by molar-refractivity contribution is 1.23. The van der Waals surface area contributed by atoms with Crippen LogP contribution in [0.3, 0.4) is 0 Å². The summed E-state index contributed by atoms with van der Waals surface area (Å²) in [5.74, 6) is 0.486. The first kappa shape index (κ1) is 6.84. The fourth-order valence-corrected chi connectivity index (χ4v) is 1.09. The molecule has 0 unspecified atom stereocenters. The minimum absolute atomic E-state index is 0.486. The average Bonchev–Trinajstić information content (AvgIpc) is 2.04. The topological polar surface area (TPSA) is 77.8 Å². The van der Waals surface area contributed by atoms with E-state index in [1.165, 1.54) is 6.33 Å². The van der Waals surface area contributed by atoms with Gasteiger partial charge in [-0.05, 0) is 18.2 Å². The van der Waals surface area contributed by atoms with Gasteiger partial charge in [-0.2, -0.15) is 0 Å². The SMILES string of the molecule is Nc1ccc2c(N)ncnc2c1. The number of rotatable bonds is 0. The second kappa shape index (κ2) is 2.34. The molecule has 2 rings (SSSR count). The van der Waals surface area contributed by atoms with Crippen molar-refractivity contribution in [3.63, 3.8) is 0 Å². The summed E-state index contributed by atoms with van der Waals surface area (Å²) in [6, 6.07) is 5.37. The van der Waals surface area contributed by atoms with Gasteiger partial charge in [0.1, 0.15) is 12.1 Å². The van der Waals surface area contributed by atoms with Crippen molar-refractivity contribution in [1.82, 2.24) is 9.97 Å². The molecular weight excluding hydrogens is 152 g/mol. The average molecular weight is 160 g/mol. The molecule has 0 saturated carbocycles. The summed E-state index contributed by atoms with van der Waals surface area (Å²) < 4.78 is 0. The fourth-order valence-electron chi connectivity index (χ4n) is 1.09. The van der Waals surface area contributed by atoms with E-state index in [-0.39, 0.29) is 0 Å². The smallest absolute Gasteiger partial charge is 0.134 e. The van der Waals surface area contributed by atoms with Crippen LogP contribution in [0.1, 0.15) is 0 Å². The van der Waals surface area contributed by atoms with Crippen molar-refractivity contribution in [1.29, 1.82) is 0 Å². The van der Waals surface area contributed by atoms with Gasteiger partial charge in [-0.15, -0.1) is 0 Å². The van der Waals surface area contributed by atoms with Crippen LogP contribution in [0.2, 0.25) is 0 Å². The van der Waals surface area contributed by atoms with Crippen molar-refractivity contribution in [3.8, 4) is 0 Å². The third kappa shape index (κ3) is 0.934. The van der Waals surface area contributed by atoms with Crippen LogP contribution < -0.4 is 11.5 Å². The highest BCUT2D eigenvalue weighted by Crippen LogP contribution is 2.18. The first-order chi connectivity index (χ1) is 5.77. The Morgan fingerprint density at radius 3 is 2.75 bits per heavy atom. The van der Waals surface area contributed by atoms with Gasteiger partial charge in [0.25, 0.3) is 0 Å². The lowest BCUT2D eigenvalue weighted by Gasteiger charge is -1.99. The number of aromatic nitrogens is 2. The van der Waals surface area contributed by atoms with Gasteiger partial charge in [-0.3, -0.25) is 0 Å². The van der Waals surface area contributed by atoms with Crippen molar-refractivity contribution in [2.24, 2.45) is 0 Å². The Bertz CT molecular complexity index is 424. The van der Waals surface area contributed by atoms with E-state index in [0.717, 1.165) is 10.9 Å². The molecule has 0 fully saturated rings. The third-order valence-electron chi connectivity index (χ3n) is 1.69. The molecule has 4 N–H and O–H groups in total. The van der Waals surface area contributed by atoms with Crippen molar-refractivity contribution >= 4 is 22.4 Å². The first-order valence-corrected chi connectivity index (χ1v) is 3.53. The van der Waals surface area contributed by atoms with Crippen LogP contribution in [0.15, 0.2) is 24.5 Å². The minimum Gasteiger partial charge on any atom is -0.399 e. The van der Waals surface area contributed by atoms with Gasteiger partial charge in [-0.1, -0.05) is 0 Å². The molecule has 0 aliphatic heterocycles. The van der Waals surface area contributed by atoms with E-state index in [9.17, 15) is 0 Å². The summed E-state index contributed by atoms with van der Waals surface area (Å²) in [7, 11) is 0. The van der Waals surface area contributed by atoms with Crippen molar-refractivity contribution in [2.45, 2.75) is 0 Å². The number of fused-ring (bicyclic) bond motifs is 1. The monoisotopic (exact) mass is 160 g/mol. The first-order valence-electron chi connectivity index (χ1n) is 3.53. The van der Waals surface area contributed by atoms with E-state index in [4.69, 9.17) is 11.5 Å². The van der Waals surface area contributed by atoms with Crippen LogP contribution in [0.4, 0.5) is 11.5 Å². The highest BCUT2D eigenvalue weighted by atomic mass is 14.9. The van der Waals surface area contributed by atoms with E-state index in [0.29, 0.717) is 11.5 Å². The Morgan fingerprint density at radius 1 is 1.08 bits per heavy atom. The second-order valence-corrected chi connectivity index (χ2v) is 2.54. The predicted molar refractivity (Wildman–Crippen MR) is 48.4 cm³/mol. The molecule has 1 aromatic carbocycles. The van der Waals surface area contributed by atoms with Crippen LogP contribution in [-0.4, -0.2) is 9.97 Å². The number of benzene rings is 1. The van der Waals surface area contributed by atoms with Gasteiger partial charge in [0.15, 0.2) is 0 Å². The molecule has 0 saturated heterocycles. The fraction of sp³-hybridized carbons (Fsp3) is 0. The summed E-state index contributed by atoms with van der Waals surface area (Å²) in [5, 5.41) is 0.840. The molecule has 1 heterocycles. The number of hydrogen-bond acceptors (Lipinski definition) is 4. The summed E-state index contributed by atoms with van der Waals surface area (Å²) >= 11 is 0. The second-order valence-electron chi connectivity index (χ2n) is 2.54. The maximum Gasteiger partial charge on any atom is 0.134 e. The zero-order chi connectivity index (χ0) is 8.55. The van der Waals surface area contributed by atoms with Gasteiger partial charge < -0.3 is 11.5 Å². The predicted octanol–water partition coefficient (Wildman–Crippen LogP) is 0.794. The molecule has 4 heteroatoms. The Labute approximate surface area is 69.2 Å². The van der Waals surface area contributed by atoms with Gasteiger partial charge >= 0.3 is 0 Å². The van der Waals surface area contributed by atoms with E-state index in [1.54, 1.807) is 12.1 Å². The van der Waals surface area contributed by atoms with Crippen LogP contribution in [0.5, 0.6) is 0 Å². The Hall–Kier alpha value is -1.84. The number of nitrogen functional groups attached to an aromatic ring is 2. The quantitative estimate of drug-likeness (QED) is 0.558. The Kier molecular flexibility index (Phi) is 1.33. The molecule has 0 radical (unpaired) electrons. The van der Waals surface area contributed by atoms with E-state index >= 15 is 0 Å². The van der Waals surface area contributed by atoms with Crippen LogP contribution >= 0.6 is 0 Å². The zero-order valence-electron chi connectivity index (χ0n) is 6.36. The molecule has 60 valence electrons. The molecule has 1 aromatic heterocycles. The van der Waals surface area contributed by atoms with E-state index < -0.39 is 0 Å². The van der Waals surface area contributed by atoms with Gasteiger partial charge in [0, 0.05) is 11.1 Å². The van der Waals surface area contributed by atoms with Crippen LogP contribution in [-0.2, 0) is 0 Å². The molecule has 12 heavy (non-hydrogen) atoms. The highest BCUT2D eigenvalue weighted by molar-refractivity contribution is 5.89. The maximum absolute atomic E-state index is 5.61. The number of nitrogens with two attached hydrogens (primary N) is 2. The van der Waals surface area contributed by atoms with Gasteiger partial charge in [0.2, 0.25) is 0 Å². The Balaban J connectivity index is 2.86. The molecular formula is C8H8N4. The minimum atomic E-state index is 0.486. The molecule has 0 aliphatic carbocycles. The molecule has 0 atom stereocenters. The number of hydrogen-bond donors (Lipinski definition) is 2.